The van der Waals surface area contributed by atoms with Crippen LogP contribution in [0.25, 0.3) is 0 Å². The van der Waals surface area contributed by atoms with E-state index < -0.39 is 0 Å². The number of hydrogen-bond donors (Lipinski definition) is 3. The molecule has 0 spiro atoms. The van der Waals surface area contributed by atoms with Crippen molar-refractivity contribution < 1.29 is 24.0 Å². The van der Waals surface area contributed by atoms with Crippen molar-refractivity contribution >= 4 is 18.3 Å². The highest BCUT2D eigenvalue weighted by Crippen LogP contribution is 2.24. The first-order chi connectivity index (χ1) is 14.4. The van der Waals surface area contributed by atoms with Gasteiger partial charge in [-0.05, 0) is 39.5 Å². The minimum absolute atomic E-state index is 0.00700. The standard InChI is InChI=1S/C18H26N6O3.CH2O2/c1-12-9-16(27-22-12)10-17(25)20-15-5-3-14(4-6-15)18(26)19-7-8-24-11-13(2)21-23-24;2-1-3/h9,11,14-15H,3-8,10H2,1-2H3,(H,19,26)(H,20,25);1H,(H,2,3). The lowest BCUT2D eigenvalue weighted by atomic mass is 9.85. The van der Waals surface area contributed by atoms with Crippen molar-refractivity contribution in [2.75, 3.05) is 6.54 Å². The second-order valence-electron chi connectivity index (χ2n) is 7.25. The maximum Gasteiger partial charge on any atom is 0.290 e. The lowest BCUT2D eigenvalue weighted by Crippen LogP contribution is -2.41. The maximum atomic E-state index is 12.3. The summed E-state index contributed by atoms with van der Waals surface area (Å²) in [6.45, 7) is 4.60. The van der Waals surface area contributed by atoms with Gasteiger partial charge in [0, 0.05) is 30.8 Å². The number of carboxylic acid groups (broad SMARTS) is 1. The van der Waals surface area contributed by atoms with Crippen LogP contribution in [0, 0.1) is 19.8 Å². The summed E-state index contributed by atoms with van der Waals surface area (Å²) in [4.78, 5) is 32.8. The Morgan fingerprint density at radius 2 is 1.97 bits per heavy atom. The van der Waals surface area contributed by atoms with Gasteiger partial charge in [0.2, 0.25) is 11.8 Å². The van der Waals surface area contributed by atoms with Gasteiger partial charge in [-0.2, -0.15) is 0 Å². The molecule has 1 aliphatic carbocycles. The zero-order valence-electron chi connectivity index (χ0n) is 17.2. The van der Waals surface area contributed by atoms with Crippen molar-refractivity contribution in [3.8, 4) is 0 Å². The van der Waals surface area contributed by atoms with Gasteiger partial charge in [-0.3, -0.25) is 19.1 Å². The Morgan fingerprint density at radius 1 is 1.27 bits per heavy atom. The summed E-state index contributed by atoms with van der Waals surface area (Å²) in [5.74, 6) is 0.587. The van der Waals surface area contributed by atoms with Crippen LogP contribution in [0.3, 0.4) is 0 Å². The third kappa shape index (κ3) is 7.64. The summed E-state index contributed by atoms with van der Waals surface area (Å²) in [5, 5.41) is 24.5. The van der Waals surface area contributed by atoms with E-state index in [0.29, 0.717) is 18.8 Å². The van der Waals surface area contributed by atoms with Gasteiger partial charge in [0.05, 0.1) is 24.4 Å². The van der Waals surface area contributed by atoms with Crippen LogP contribution in [0.2, 0.25) is 0 Å². The molecule has 1 saturated carbocycles. The smallest absolute Gasteiger partial charge is 0.290 e. The Kier molecular flexibility index (Phi) is 8.98. The molecule has 11 heteroatoms. The monoisotopic (exact) mass is 420 g/mol. The molecule has 3 N–H and O–H groups in total. The first-order valence-corrected chi connectivity index (χ1v) is 9.85. The molecule has 2 aromatic rings. The number of hydrogen-bond acceptors (Lipinski definition) is 7. The highest BCUT2D eigenvalue weighted by atomic mass is 16.5. The predicted molar refractivity (Wildman–Crippen MR) is 105 cm³/mol. The highest BCUT2D eigenvalue weighted by molar-refractivity contribution is 5.79. The summed E-state index contributed by atoms with van der Waals surface area (Å²) in [6.07, 6.45) is 5.22. The van der Waals surface area contributed by atoms with Gasteiger partial charge in [0.15, 0.2) is 0 Å². The van der Waals surface area contributed by atoms with Crippen LogP contribution in [-0.2, 0) is 27.3 Å². The molecule has 30 heavy (non-hydrogen) atoms. The molecule has 0 bridgehead atoms. The normalized spacial score (nSPS) is 18.1. The van der Waals surface area contributed by atoms with Crippen molar-refractivity contribution in [3.05, 3.63) is 29.4 Å². The molecular formula is C19H28N6O5. The molecule has 2 heterocycles. The molecule has 11 nitrogen and oxygen atoms in total. The van der Waals surface area contributed by atoms with E-state index in [2.05, 4.69) is 26.1 Å². The van der Waals surface area contributed by atoms with Crippen molar-refractivity contribution in [3.63, 3.8) is 0 Å². The van der Waals surface area contributed by atoms with E-state index in [4.69, 9.17) is 14.4 Å². The molecule has 0 unspecified atom stereocenters. The van der Waals surface area contributed by atoms with Crippen LogP contribution >= 0.6 is 0 Å². The molecule has 2 aromatic heterocycles. The molecule has 2 amide bonds. The fourth-order valence-electron chi connectivity index (χ4n) is 3.38. The second-order valence-corrected chi connectivity index (χ2v) is 7.25. The quantitative estimate of drug-likeness (QED) is 0.551. The minimum Gasteiger partial charge on any atom is -0.483 e. The van der Waals surface area contributed by atoms with E-state index in [1.165, 1.54) is 0 Å². The van der Waals surface area contributed by atoms with Crippen molar-refractivity contribution in [2.45, 2.75) is 58.5 Å². The van der Waals surface area contributed by atoms with Crippen LogP contribution in [0.1, 0.15) is 42.8 Å². The average Bonchev–Trinajstić information content (AvgIpc) is 3.30. The van der Waals surface area contributed by atoms with Crippen molar-refractivity contribution in [1.82, 2.24) is 30.8 Å². The molecule has 3 rings (SSSR count). The number of rotatable bonds is 7. The number of aryl methyl sites for hydroxylation is 2. The van der Waals surface area contributed by atoms with E-state index in [1.807, 2.05) is 20.0 Å². The number of amides is 2. The lowest BCUT2D eigenvalue weighted by molar-refractivity contribution is -0.126. The summed E-state index contributed by atoms with van der Waals surface area (Å²) in [7, 11) is 0. The Bertz CT molecular complexity index is 825. The minimum atomic E-state index is -0.250. The second kappa shape index (κ2) is 11.7. The third-order valence-corrected chi connectivity index (χ3v) is 4.77. The Morgan fingerprint density at radius 3 is 2.53 bits per heavy atom. The van der Waals surface area contributed by atoms with E-state index in [1.54, 1.807) is 10.7 Å². The largest absolute Gasteiger partial charge is 0.483 e. The van der Waals surface area contributed by atoms with E-state index in [9.17, 15) is 9.59 Å². The van der Waals surface area contributed by atoms with E-state index in [-0.39, 0.29) is 36.7 Å². The van der Waals surface area contributed by atoms with Gasteiger partial charge in [-0.1, -0.05) is 10.4 Å². The van der Waals surface area contributed by atoms with Gasteiger partial charge >= 0.3 is 0 Å². The number of nitrogens with one attached hydrogen (secondary N) is 2. The zero-order valence-corrected chi connectivity index (χ0v) is 17.2. The first kappa shape index (κ1) is 23.0. The Balaban J connectivity index is 0.00000101. The predicted octanol–water partition coefficient (Wildman–Crippen LogP) is 0.618. The van der Waals surface area contributed by atoms with Crippen molar-refractivity contribution in [1.29, 1.82) is 0 Å². The number of nitrogens with zero attached hydrogens (tertiary/aromatic N) is 4. The molecule has 0 radical (unpaired) electrons. The van der Waals surface area contributed by atoms with Crippen LogP contribution in [0.15, 0.2) is 16.8 Å². The maximum absolute atomic E-state index is 12.3. The fraction of sp³-hybridized carbons (Fsp3) is 0.579. The Labute approximate surface area is 174 Å². The fourth-order valence-corrected chi connectivity index (χ4v) is 3.38. The summed E-state index contributed by atoms with van der Waals surface area (Å²) < 4.78 is 6.79. The van der Waals surface area contributed by atoms with Crippen LogP contribution in [-0.4, -0.2) is 56.1 Å². The molecule has 0 aromatic carbocycles. The average molecular weight is 420 g/mol. The number of carbonyl (C=O) groups is 3. The van der Waals surface area contributed by atoms with Gasteiger partial charge in [-0.25, -0.2) is 0 Å². The third-order valence-electron chi connectivity index (χ3n) is 4.77. The highest BCUT2D eigenvalue weighted by Gasteiger charge is 2.27. The van der Waals surface area contributed by atoms with Gasteiger partial charge in [0.1, 0.15) is 5.76 Å². The molecule has 0 saturated heterocycles. The number of carbonyl (C=O) groups excluding carboxylic acids is 2. The molecule has 1 fully saturated rings. The van der Waals surface area contributed by atoms with Crippen molar-refractivity contribution in [2.24, 2.45) is 5.92 Å². The molecule has 0 atom stereocenters. The molecule has 164 valence electrons. The summed E-state index contributed by atoms with van der Waals surface area (Å²) >= 11 is 0. The molecule has 0 aliphatic heterocycles. The Hall–Kier alpha value is -3.24. The van der Waals surface area contributed by atoms with Gasteiger partial charge < -0.3 is 20.3 Å². The van der Waals surface area contributed by atoms with Gasteiger partial charge in [-0.15, -0.1) is 5.10 Å². The zero-order chi connectivity index (χ0) is 21.9. The summed E-state index contributed by atoms with van der Waals surface area (Å²) in [6, 6.07) is 1.88. The molecule has 1 aliphatic rings. The lowest BCUT2D eigenvalue weighted by Gasteiger charge is -2.28. The topological polar surface area (TPSA) is 152 Å². The van der Waals surface area contributed by atoms with E-state index in [0.717, 1.165) is 37.1 Å². The summed E-state index contributed by atoms with van der Waals surface area (Å²) in [5.41, 5.74) is 1.63. The molecular weight excluding hydrogens is 392 g/mol. The van der Waals surface area contributed by atoms with Crippen LogP contribution in [0.4, 0.5) is 0 Å². The van der Waals surface area contributed by atoms with E-state index >= 15 is 0 Å². The number of aromatic nitrogens is 4. The first-order valence-electron chi connectivity index (χ1n) is 9.85. The SMILES string of the molecule is Cc1cn(CCNC(=O)C2CCC(NC(=O)Cc3cc(C)no3)CC2)nn1.O=CO. The van der Waals surface area contributed by atoms with Crippen LogP contribution in [0.5, 0.6) is 0 Å². The van der Waals surface area contributed by atoms with Gasteiger partial charge in [0.25, 0.3) is 6.47 Å². The van der Waals surface area contributed by atoms with Crippen LogP contribution < -0.4 is 10.6 Å².